The highest BCUT2D eigenvalue weighted by Crippen LogP contribution is 2.61. The van der Waals surface area contributed by atoms with Crippen molar-refractivity contribution < 1.29 is 29.9 Å². The van der Waals surface area contributed by atoms with Crippen LogP contribution in [0.5, 0.6) is 11.5 Å². The molecular formula is C42H64N3O6+. The standard InChI is InChI=1S/C42H63N3O6/c1-28(47)24-44-25-34-32-10-9-11-35(32)42(17-6-7-18-42)23-37-33(34)22-36(45-37)39(49)27-50-41-20-29(14-16-38(41)48)13-15-31-21-30(26-46)40(51-31)12-5-3-2-4-8-19-43/h14,16,20-22,28,32,34-35,39-40,44,46-47,49,51H,2-13,15,17-19,23-27,43H2,1H3/p+1/t28-,32-,34-,35-,39-,40?/m0/s1. The minimum atomic E-state index is -0.919. The summed E-state index contributed by atoms with van der Waals surface area (Å²) in [5, 5.41) is 45.5. The number of aliphatic imine (C=N–C) groups is 1. The molecule has 3 fully saturated rings. The fourth-order valence-electron chi connectivity index (χ4n) is 9.93. The van der Waals surface area contributed by atoms with Gasteiger partial charge in [0.2, 0.25) is 5.70 Å². The number of rotatable bonds is 19. The third kappa shape index (κ3) is 9.35. The van der Waals surface area contributed by atoms with E-state index in [0.29, 0.717) is 35.2 Å². The number of nitrogens with zero attached hydrogens (tertiary/aromatic N) is 1. The second-order valence-corrected chi connectivity index (χ2v) is 16.1. The summed E-state index contributed by atoms with van der Waals surface area (Å²) in [4.78, 5) is 5.12. The Labute approximate surface area is 305 Å². The summed E-state index contributed by atoms with van der Waals surface area (Å²) in [6.45, 7) is 3.99. The molecule has 0 bridgehead atoms. The van der Waals surface area contributed by atoms with Crippen molar-refractivity contribution >= 4 is 5.71 Å². The minimum absolute atomic E-state index is 0.00173. The van der Waals surface area contributed by atoms with Crippen molar-refractivity contribution in [1.82, 2.24) is 5.32 Å². The number of unbranched alkanes of at least 4 members (excludes halogenated alkanes) is 4. The quantitative estimate of drug-likeness (QED) is 0.0622. The van der Waals surface area contributed by atoms with Gasteiger partial charge < -0.3 is 41.0 Å². The predicted molar refractivity (Wildman–Crippen MR) is 202 cm³/mol. The van der Waals surface area contributed by atoms with Crippen LogP contribution >= 0.6 is 0 Å². The van der Waals surface area contributed by atoms with Gasteiger partial charge in [-0.25, -0.2) is 0 Å². The zero-order valence-electron chi connectivity index (χ0n) is 30.9. The molecule has 1 spiro atoms. The topological polar surface area (TPSA) is 153 Å². The molecule has 1 aromatic rings. The van der Waals surface area contributed by atoms with Gasteiger partial charge in [0.1, 0.15) is 30.4 Å². The number of benzene rings is 1. The maximum Gasteiger partial charge on any atom is 0.208 e. The average molecular weight is 707 g/mol. The fraction of sp³-hybridized carbons (Fsp3) is 0.690. The Morgan fingerprint density at radius 3 is 2.71 bits per heavy atom. The SMILES string of the molecule is C[C@H](O)CNC[C@@H]1[C+]2C=C([C@@H](O)COc3cc(CC[C-]4C=C(CO)C(CCCCCCCN)[OH+]4)ccc3O)N=C2CC2(CCCC2)[C@H]2CCC[C@@H]12. The molecule has 0 amide bonds. The lowest BCUT2D eigenvalue weighted by Crippen LogP contribution is -2.38. The van der Waals surface area contributed by atoms with Gasteiger partial charge in [0.25, 0.3) is 0 Å². The van der Waals surface area contributed by atoms with Crippen LogP contribution in [0.2, 0.25) is 0 Å². The van der Waals surface area contributed by atoms with Gasteiger partial charge >= 0.3 is 0 Å². The first-order valence-electron chi connectivity index (χ1n) is 20.1. The molecule has 2 heterocycles. The van der Waals surface area contributed by atoms with Gasteiger partial charge in [-0.3, -0.25) is 0 Å². The van der Waals surface area contributed by atoms with E-state index in [2.05, 4.69) is 17.5 Å². The summed E-state index contributed by atoms with van der Waals surface area (Å²) in [6.07, 6.45) is 22.0. The van der Waals surface area contributed by atoms with E-state index in [1.807, 2.05) is 19.1 Å². The van der Waals surface area contributed by atoms with E-state index >= 15 is 0 Å². The molecule has 3 saturated carbocycles. The highest BCUT2D eigenvalue weighted by Gasteiger charge is 2.58. The number of hydrogen-bond donors (Lipinski definition) is 6. The molecule has 1 aromatic carbocycles. The second-order valence-electron chi connectivity index (χ2n) is 16.1. The van der Waals surface area contributed by atoms with Crippen LogP contribution in [0.3, 0.4) is 0 Å². The first-order valence-corrected chi connectivity index (χ1v) is 20.1. The van der Waals surface area contributed by atoms with Crippen molar-refractivity contribution in [2.45, 2.75) is 128 Å². The number of aliphatic hydroxyl groups excluding tert-OH is 3. The summed E-state index contributed by atoms with van der Waals surface area (Å²) in [6, 6.07) is 5.41. The van der Waals surface area contributed by atoms with E-state index in [1.165, 1.54) is 70.1 Å². The molecule has 5 aliphatic rings. The van der Waals surface area contributed by atoms with E-state index in [-0.39, 0.29) is 25.1 Å². The number of phenolic OH excluding ortho intramolecular Hbond substituents is 1. The van der Waals surface area contributed by atoms with Gasteiger partial charge in [-0.15, -0.1) is 16.6 Å². The zero-order valence-corrected chi connectivity index (χ0v) is 30.9. The van der Waals surface area contributed by atoms with Crippen LogP contribution in [0.15, 0.2) is 46.6 Å². The van der Waals surface area contributed by atoms with Crippen LogP contribution in [-0.4, -0.2) is 82.0 Å². The molecule has 0 saturated heterocycles. The van der Waals surface area contributed by atoms with Crippen molar-refractivity contribution in [3.8, 4) is 11.5 Å². The second kappa shape index (κ2) is 18.0. The molecule has 6 atom stereocenters. The third-order valence-electron chi connectivity index (χ3n) is 12.5. The molecule has 1 unspecified atom stereocenters. The molecule has 9 nitrogen and oxygen atoms in total. The lowest BCUT2D eigenvalue weighted by atomic mass is 9.66. The molecule has 51 heavy (non-hydrogen) atoms. The van der Waals surface area contributed by atoms with Crippen LogP contribution in [0.1, 0.15) is 109 Å². The molecule has 3 aliphatic carbocycles. The summed E-state index contributed by atoms with van der Waals surface area (Å²) in [7, 11) is 0. The van der Waals surface area contributed by atoms with Crippen LogP contribution in [-0.2, 0) is 6.42 Å². The Balaban J connectivity index is 1.05. The lowest BCUT2D eigenvalue weighted by Gasteiger charge is -2.37. The van der Waals surface area contributed by atoms with E-state index in [1.54, 1.807) is 6.07 Å². The maximum atomic E-state index is 11.4. The van der Waals surface area contributed by atoms with Gasteiger partial charge in [-0.1, -0.05) is 44.6 Å². The van der Waals surface area contributed by atoms with Gasteiger partial charge in [-0.2, -0.15) is 0 Å². The lowest BCUT2D eigenvalue weighted by molar-refractivity contribution is -0.0552. The fourth-order valence-corrected chi connectivity index (χ4v) is 9.93. The summed E-state index contributed by atoms with van der Waals surface area (Å²) < 4.78 is 11.0. The Morgan fingerprint density at radius 1 is 1.12 bits per heavy atom. The highest BCUT2D eigenvalue weighted by molar-refractivity contribution is 6.03. The van der Waals surface area contributed by atoms with E-state index in [0.717, 1.165) is 80.5 Å². The van der Waals surface area contributed by atoms with Gasteiger partial charge in [-0.05, 0) is 99.8 Å². The van der Waals surface area contributed by atoms with Crippen LogP contribution in [0.25, 0.3) is 0 Å². The van der Waals surface area contributed by atoms with E-state index in [9.17, 15) is 20.4 Å². The molecule has 282 valence electrons. The molecular weight excluding hydrogens is 642 g/mol. The van der Waals surface area contributed by atoms with Crippen molar-refractivity contribution in [3.63, 3.8) is 0 Å². The number of nitrogens with one attached hydrogen (secondary N) is 1. The number of nitrogens with two attached hydrogens (primary N) is 1. The number of fused-ring (bicyclic) bond motifs is 3. The molecule has 8 N–H and O–H groups in total. The van der Waals surface area contributed by atoms with Gasteiger partial charge in [0.15, 0.2) is 17.6 Å². The van der Waals surface area contributed by atoms with Crippen molar-refractivity contribution in [2.24, 2.45) is 33.9 Å². The third-order valence-corrected chi connectivity index (χ3v) is 12.5. The number of hydrogen-bond acceptors (Lipinski definition) is 8. The Hall–Kier alpha value is -2.53. The van der Waals surface area contributed by atoms with Crippen molar-refractivity contribution in [2.75, 3.05) is 32.8 Å². The van der Waals surface area contributed by atoms with Crippen LogP contribution < -0.4 is 15.8 Å². The number of phenols is 1. The monoisotopic (exact) mass is 706 g/mol. The first-order chi connectivity index (χ1) is 24.8. The Bertz CT molecular complexity index is 1370. The first kappa shape index (κ1) is 38.2. The normalized spacial score (nSPS) is 26.5. The number of aromatic hydroxyl groups is 1. The van der Waals surface area contributed by atoms with E-state index < -0.39 is 12.2 Å². The molecule has 0 aromatic heterocycles. The number of aryl methyl sites for hydroxylation is 1. The zero-order chi connectivity index (χ0) is 35.8. The largest absolute Gasteiger partial charge is 0.504 e. The van der Waals surface area contributed by atoms with Crippen molar-refractivity contribution in [3.05, 3.63) is 59.2 Å². The highest BCUT2D eigenvalue weighted by atomic mass is 16.5. The van der Waals surface area contributed by atoms with E-state index in [4.69, 9.17) is 20.2 Å². The summed E-state index contributed by atoms with van der Waals surface area (Å²) in [5.74, 6) is 3.30. The maximum absolute atomic E-state index is 11.4. The summed E-state index contributed by atoms with van der Waals surface area (Å²) in [5.41, 5.74) is 9.73. The smallest absolute Gasteiger partial charge is 0.208 e. The minimum Gasteiger partial charge on any atom is -0.504 e. The Morgan fingerprint density at radius 2 is 1.92 bits per heavy atom. The predicted octanol–water partition coefficient (Wildman–Crippen LogP) is 5.60. The van der Waals surface area contributed by atoms with Gasteiger partial charge in [0.05, 0.1) is 18.1 Å². The molecule has 0 radical (unpaired) electrons. The molecule has 6 rings (SSSR count). The van der Waals surface area contributed by atoms with Crippen LogP contribution in [0.4, 0.5) is 0 Å². The van der Waals surface area contributed by atoms with Crippen LogP contribution in [0, 0.1) is 35.2 Å². The summed E-state index contributed by atoms with van der Waals surface area (Å²) >= 11 is 0. The number of allylic oxidation sites excluding steroid dienone is 1. The number of ether oxygens (including phenoxy) is 2. The van der Waals surface area contributed by atoms with Crippen molar-refractivity contribution in [1.29, 1.82) is 0 Å². The number of aliphatic hydroxyl groups is 5. The molecule has 9 heteroatoms. The average Bonchev–Trinajstić information content (AvgIpc) is 3.94. The molecule has 2 aliphatic heterocycles. The van der Waals surface area contributed by atoms with Gasteiger partial charge in [0, 0.05) is 32.5 Å². The Kier molecular flexibility index (Phi) is 13.5.